The number of carbonyl (C=O) groups is 2. The highest BCUT2D eigenvalue weighted by Crippen LogP contribution is 2.27. The molecule has 152 valence electrons. The van der Waals surface area contributed by atoms with Gasteiger partial charge in [-0.3, -0.25) is 14.6 Å². The molecule has 6 heteroatoms. The monoisotopic (exact) mass is 392 g/mol. The smallest absolute Gasteiger partial charge is 0.253 e. The molecular formula is C23H28N4O2. The van der Waals surface area contributed by atoms with Crippen LogP contribution in [0.5, 0.6) is 0 Å². The maximum Gasteiger partial charge on any atom is 0.253 e. The van der Waals surface area contributed by atoms with Gasteiger partial charge in [0.15, 0.2) is 0 Å². The number of hydrogen-bond acceptors (Lipinski definition) is 4. The van der Waals surface area contributed by atoms with E-state index < -0.39 is 0 Å². The van der Waals surface area contributed by atoms with Crippen molar-refractivity contribution in [2.75, 3.05) is 32.7 Å². The number of hydrogen-bond donors (Lipinski definition) is 1. The molecule has 0 spiro atoms. The Morgan fingerprint density at radius 1 is 1.14 bits per heavy atom. The number of aromatic nitrogens is 1. The third-order valence-corrected chi connectivity index (χ3v) is 5.95. The zero-order valence-corrected chi connectivity index (χ0v) is 16.9. The fourth-order valence-electron chi connectivity index (χ4n) is 4.32. The van der Waals surface area contributed by atoms with Crippen LogP contribution >= 0.6 is 0 Å². The van der Waals surface area contributed by atoms with Crippen LogP contribution in [0.15, 0.2) is 48.8 Å². The number of carbonyl (C=O) groups excluding carboxylic acids is 2. The molecule has 1 aromatic heterocycles. The van der Waals surface area contributed by atoms with Gasteiger partial charge in [-0.05, 0) is 43.5 Å². The first-order chi connectivity index (χ1) is 14.1. The molecule has 0 saturated carbocycles. The highest BCUT2D eigenvalue weighted by Gasteiger charge is 2.35. The summed E-state index contributed by atoms with van der Waals surface area (Å²) in [6, 6.07) is 11.6. The molecule has 6 nitrogen and oxygen atoms in total. The van der Waals surface area contributed by atoms with E-state index in [0.29, 0.717) is 25.2 Å². The predicted octanol–water partition coefficient (Wildman–Crippen LogP) is 2.42. The quantitative estimate of drug-likeness (QED) is 0.871. The lowest BCUT2D eigenvalue weighted by molar-refractivity contribution is -0.140. The van der Waals surface area contributed by atoms with Gasteiger partial charge in [0.1, 0.15) is 0 Å². The van der Waals surface area contributed by atoms with Gasteiger partial charge in [0.25, 0.3) is 5.91 Å². The third-order valence-electron chi connectivity index (χ3n) is 5.95. The summed E-state index contributed by atoms with van der Waals surface area (Å²) in [5, 5.41) is 3.39. The Balaban J connectivity index is 1.47. The van der Waals surface area contributed by atoms with E-state index in [4.69, 9.17) is 0 Å². The second kappa shape index (κ2) is 8.74. The van der Waals surface area contributed by atoms with E-state index in [1.807, 2.05) is 59.3 Å². The van der Waals surface area contributed by atoms with E-state index in [1.54, 1.807) is 6.20 Å². The number of aryl methyl sites for hydroxylation is 1. The first-order valence-electron chi connectivity index (χ1n) is 10.4. The highest BCUT2D eigenvalue weighted by atomic mass is 16.2. The van der Waals surface area contributed by atoms with Gasteiger partial charge in [0.2, 0.25) is 5.91 Å². The van der Waals surface area contributed by atoms with E-state index in [9.17, 15) is 9.59 Å². The van der Waals surface area contributed by atoms with Crippen molar-refractivity contribution >= 4 is 11.8 Å². The standard InChI is InChI=1S/C23H28N4O2/c1-17-6-8-18(9-7-17)22(28)26-12-3-5-20(16-26)23(29)27-13-11-25-15-21(27)19-4-2-10-24-14-19/h2,4,6-10,14,20-21,25H,3,5,11-13,15-16H2,1H3. The fourth-order valence-corrected chi connectivity index (χ4v) is 4.32. The van der Waals surface area contributed by atoms with Crippen molar-refractivity contribution in [3.8, 4) is 0 Å². The summed E-state index contributed by atoms with van der Waals surface area (Å²) in [6.45, 7) is 5.42. The minimum absolute atomic E-state index is 0.00636. The SMILES string of the molecule is Cc1ccc(C(=O)N2CCCC(C(=O)N3CCNCC3c3cccnc3)C2)cc1. The largest absolute Gasteiger partial charge is 0.338 e. The topological polar surface area (TPSA) is 65.5 Å². The molecule has 2 unspecified atom stereocenters. The number of amides is 2. The van der Waals surface area contributed by atoms with Gasteiger partial charge in [-0.2, -0.15) is 0 Å². The lowest BCUT2D eigenvalue weighted by Gasteiger charge is -2.40. The van der Waals surface area contributed by atoms with Gasteiger partial charge in [-0.1, -0.05) is 23.8 Å². The van der Waals surface area contributed by atoms with Crippen LogP contribution in [0, 0.1) is 12.8 Å². The molecule has 2 atom stereocenters. The Kier molecular flexibility index (Phi) is 5.90. The molecular weight excluding hydrogens is 364 g/mol. The zero-order chi connectivity index (χ0) is 20.2. The minimum atomic E-state index is -0.143. The maximum atomic E-state index is 13.4. The van der Waals surface area contributed by atoms with Crippen molar-refractivity contribution in [2.24, 2.45) is 5.92 Å². The number of piperazine rings is 1. The van der Waals surface area contributed by atoms with E-state index in [0.717, 1.165) is 37.1 Å². The van der Waals surface area contributed by atoms with Crippen LogP contribution in [-0.4, -0.2) is 59.3 Å². The van der Waals surface area contributed by atoms with Crippen LogP contribution in [-0.2, 0) is 4.79 Å². The molecule has 2 amide bonds. The zero-order valence-electron chi connectivity index (χ0n) is 16.9. The molecule has 3 heterocycles. The average Bonchev–Trinajstić information content (AvgIpc) is 2.79. The summed E-state index contributed by atoms with van der Waals surface area (Å²) in [6.07, 6.45) is 5.28. The van der Waals surface area contributed by atoms with Crippen LogP contribution in [0.4, 0.5) is 0 Å². The van der Waals surface area contributed by atoms with E-state index in [-0.39, 0.29) is 23.8 Å². The van der Waals surface area contributed by atoms with Crippen LogP contribution < -0.4 is 5.32 Å². The van der Waals surface area contributed by atoms with Crippen molar-refractivity contribution in [1.29, 1.82) is 0 Å². The lowest BCUT2D eigenvalue weighted by atomic mass is 9.94. The van der Waals surface area contributed by atoms with Crippen molar-refractivity contribution in [2.45, 2.75) is 25.8 Å². The van der Waals surface area contributed by atoms with Crippen LogP contribution in [0.1, 0.15) is 40.4 Å². The van der Waals surface area contributed by atoms with Crippen LogP contribution in [0.25, 0.3) is 0 Å². The average molecular weight is 393 g/mol. The van der Waals surface area contributed by atoms with E-state index in [1.165, 1.54) is 0 Å². The summed E-state index contributed by atoms with van der Waals surface area (Å²) in [4.78, 5) is 34.4. The fraction of sp³-hybridized carbons (Fsp3) is 0.435. The number of piperidine rings is 1. The molecule has 1 N–H and O–H groups in total. The van der Waals surface area contributed by atoms with Crippen molar-refractivity contribution in [3.63, 3.8) is 0 Å². The molecule has 2 fully saturated rings. The summed E-state index contributed by atoms with van der Waals surface area (Å²) in [7, 11) is 0. The molecule has 2 aliphatic heterocycles. The summed E-state index contributed by atoms with van der Waals surface area (Å²) in [5.74, 6) is 0.0313. The summed E-state index contributed by atoms with van der Waals surface area (Å²) < 4.78 is 0. The maximum absolute atomic E-state index is 13.4. The van der Waals surface area contributed by atoms with Crippen LogP contribution in [0.2, 0.25) is 0 Å². The molecule has 29 heavy (non-hydrogen) atoms. The van der Waals surface area contributed by atoms with E-state index in [2.05, 4.69) is 10.3 Å². The first kappa shape index (κ1) is 19.6. The number of pyridine rings is 1. The predicted molar refractivity (Wildman–Crippen MR) is 111 cm³/mol. The van der Waals surface area contributed by atoms with Gasteiger partial charge in [0.05, 0.1) is 12.0 Å². The van der Waals surface area contributed by atoms with E-state index >= 15 is 0 Å². The van der Waals surface area contributed by atoms with Crippen molar-refractivity contribution < 1.29 is 9.59 Å². The molecule has 2 aromatic rings. The highest BCUT2D eigenvalue weighted by molar-refractivity contribution is 5.94. The number of nitrogens with one attached hydrogen (secondary N) is 1. The molecule has 0 aliphatic carbocycles. The molecule has 2 aliphatic rings. The molecule has 2 saturated heterocycles. The van der Waals surface area contributed by atoms with Gasteiger partial charge in [-0.15, -0.1) is 0 Å². The molecule has 0 bridgehead atoms. The van der Waals surface area contributed by atoms with Gasteiger partial charge in [0, 0.05) is 50.7 Å². The van der Waals surface area contributed by atoms with Crippen LogP contribution in [0.3, 0.4) is 0 Å². The normalized spacial score (nSPS) is 22.4. The molecule has 1 aromatic carbocycles. The number of nitrogens with zero attached hydrogens (tertiary/aromatic N) is 3. The minimum Gasteiger partial charge on any atom is -0.338 e. The Morgan fingerprint density at radius 3 is 2.72 bits per heavy atom. The molecule has 0 radical (unpaired) electrons. The lowest BCUT2D eigenvalue weighted by Crippen LogP contribution is -2.53. The number of likely N-dealkylation sites (tertiary alicyclic amines) is 1. The first-order valence-corrected chi connectivity index (χ1v) is 10.4. The summed E-state index contributed by atoms with van der Waals surface area (Å²) in [5.41, 5.74) is 2.88. The van der Waals surface area contributed by atoms with Gasteiger partial charge < -0.3 is 15.1 Å². The Hall–Kier alpha value is -2.73. The number of benzene rings is 1. The Bertz CT molecular complexity index is 853. The van der Waals surface area contributed by atoms with Gasteiger partial charge in [-0.25, -0.2) is 0 Å². The van der Waals surface area contributed by atoms with Crippen molar-refractivity contribution in [1.82, 2.24) is 20.1 Å². The Morgan fingerprint density at radius 2 is 1.97 bits per heavy atom. The third kappa shape index (κ3) is 4.32. The van der Waals surface area contributed by atoms with Crippen molar-refractivity contribution in [3.05, 3.63) is 65.5 Å². The Labute approximate surface area is 171 Å². The number of rotatable bonds is 3. The second-order valence-corrected chi connectivity index (χ2v) is 7.99. The second-order valence-electron chi connectivity index (χ2n) is 7.99. The van der Waals surface area contributed by atoms with Gasteiger partial charge >= 0.3 is 0 Å². The molecule has 4 rings (SSSR count). The summed E-state index contributed by atoms with van der Waals surface area (Å²) >= 11 is 0.